The van der Waals surface area contributed by atoms with Crippen molar-refractivity contribution in [3.8, 4) is 0 Å². The smallest absolute Gasteiger partial charge is 0.408 e. The van der Waals surface area contributed by atoms with E-state index in [0.717, 1.165) is 29.5 Å². The summed E-state index contributed by atoms with van der Waals surface area (Å²) in [6, 6.07) is 2.92. The van der Waals surface area contributed by atoms with Crippen LogP contribution >= 0.6 is 0 Å². The van der Waals surface area contributed by atoms with E-state index in [1.54, 1.807) is 0 Å². The van der Waals surface area contributed by atoms with Gasteiger partial charge in [-0.15, -0.1) is 0 Å². The number of amides is 4. The Kier molecular flexibility index (Phi) is 10.5. The van der Waals surface area contributed by atoms with Crippen LogP contribution in [0.1, 0.15) is 89.3 Å². The lowest BCUT2D eigenvalue weighted by atomic mass is 9.85. The largest absolute Gasteiger partial charge is 0.444 e. The maximum absolute atomic E-state index is 14.5. The van der Waals surface area contributed by atoms with Gasteiger partial charge in [-0.1, -0.05) is 68.6 Å². The van der Waals surface area contributed by atoms with Crippen LogP contribution in [0.4, 0.5) is 4.79 Å². The molecule has 2 saturated heterocycles. The van der Waals surface area contributed by atoms with Gasteiger partial charge in [0.2, 0.25) is 17.6 Å². The van der Waals surface area contributed by atoms with Crippen LogP contribution in [-0.2, 0) is 33.5 Å². The van der Waals surface area contributed by atoms with E-state index < -0.39 is 64.8 Å². The zero-order chi connectivity index (χ0) is 34.8. The fraction of sp³-hybridized carbons (Fsp3) is 0.657. The maximum Gasteiger partial charge on any atom is 0.408 e. The quantitative estimate of drug-likeness (QED) is 0.303. The number of carbonyl (C=O) groups excluding carboxylic acids is 5. The Morgan fingerprint density at radius 2 is 1.77 bits per heavy atom. The number of alkyl carbamates (subject to hydrolysis) is 1. The minimum atomic E-state index is -1.06. The molecule has 1 aromatic carbocycles. The maximum atomic E-state index is 14.5. The molecule has 3 N–H and O–H groups in total. The minimum Gasteiger partial charge on any atom is -0.444 e. The van der Waals surface area contributed by atoms with Crippen LogP contribution in [0.5, 0.6) is 0 Å². The number of ether oxygens (including phenoxy) is 2. The molecule has 5 atom stereocenters. The monoisotopic (exact) mass is 667 g/mol. The van der Waals surface area contributed by atoms with Gasteiger partial charge in [0, 0.05) is 25.3 Å². The van der Waals surface area contributed by atoms with E-state index in [2.05, 4.69) is 27.2 Å². The molecule has 13 nitrogen and oxygen atoms in total. The summed E-state index contributed by atoms with van der Waals surface area (Å²) in [4.78, 5) is 74.9. The summed E-state index contributed by atoms with van der Waals surface area (Å²) >= 11 is 0. The number of nitrogens with zero attached hydrogens (tertiary/aromatic N) is 2. The number of carbonyl (C=O) groups is 5. The molecule has 4 amide bonds. The Morgan fingerprint density at radius 3 is 2.38 bits per heavy atom. The number of ketones is 1. The standard InChI is InChI=1S/C35H49N5O8/c1-7-8-25(28(41)31(43)36-23-9-10-23)37-30(42)27-17-35(16-26(39-48-35)22-14-20(2)13-21(3)15-22)19-40(27)32(44)29(34(4,5)6)38-33(45)47-24-11-12-46-18-24/h13-15,23-25,27,29H,7-12,16-19H2,1-6H3,(H,36,43)(H,37,42)(H,38,45)/t24-,25-,27-,29+,35-/m0/s1. The van der Waals surface area contributed by atoms with Crippen LogP contribution in [0.25, 0.3) is 0 Å². The summed E-state index contributed by atoms with van der Waals surface area (Å²) in [5, 5.41) is 12.7. The molecule has 1 spiro atoms. The predicted octanol–water partition coefficient (Wildman–Crippen LogP) is 2.83. The topological polar surface area (TPSA) is 165 Å². The molecule has 0 bridgehead atoms. The van der Waals surface area contributed by atoms with Crippen molar-refractivity contribution in [1.29, 1.82) is 0 Å². The summed E-state index contributed by atoms with van der Waals surface area (Å²) in [7, 11) is 0. The second-order valence-electron chi connectivity index (χ2n) is 14.8. The lowest BCUT2D eigenvalue weighted by Crippen LogP contribution is -2.59. The third kappa shape index (κ3) is 8.34. The second kappa shape index (κ2) is 14.2. The normalized spacial score (nSPS) is 24.8. The highest BCUT2D eigenvalue weighted by Crippen LogP contribution is 2.40. The number of nitrogens with one attached hydrogen (secondary N) is 3. The zero-order valence-corrected chi connectivity index (χ0v) is 28.9. The highest BCUT2D eigenvalue weighted by molar-refractivity contribution is 6.38. The van der Waals surface area contributed by atoms with E-state index in [1.165, 1.54) is 4.90 Å². The third-order valence-corrected chi connectivity index (χ3v) is 9.26. The van der Waals surface area contributed by atoms with Crippen molar-refractivity contribution in [1.82, 2.24) is 20.9 Å². The van der Waals surface area contributed by atoms with Crippen LogP contribution < -0.4 is 16.0 Å². The number of likely N-dealkylation sites (tertiary alicyclic amines) is 1. The molecule has 262 valence electrons. The van der Waals surface area contributed by atoms with Crippen molar-refractivity contribution in [3.05, 3.63) is 34.9 Å². The van der Waals surface area contributed by atoms with Crippen molar-refractivity contribution in [3.63, 3.8) is 0 Å². The lowest BCUT2D eigenvalue weighted by Gasteiger charge is -2.35. The molecule has 3 fully saturated rings. The SMILES string of the molecule is CCC[C@H](NC(=O)[C@@H]1C[C@@]2(CC(c3cc(C)cc(C)c3)=NO2)CN1C(=O)[C@@H](NC(=O)O[C@H]1CCOC1)C(C)(C)C)C(=O)C(=O)NC1CC1. The Hall–Kier alpha value is -4.00. The van der Waals surface area contributed by atoms with Crippen LogP contribution in [0.15, 0.2) is 23.4 Å². The van der Waals surface area contributed by atoms with Crippen molar-refractivity contribution in [2.45, 2.75) is 122 Å². The molecule has 13 heteroatoms. The van der Waals surface area contributed by atoms with Crippen LogP contribution in [0.3, 0.4) is 0 Å². The third-order valence-electron chi connectivity index (χ3n) is 9.26. The molecule has 3 aliphatic heterocycles. The Balaban J connectivity index is 1.39. The predicted molar refractivity (Wildman–Crippen MR) is 176 cm³/mol. The Bertz CT molecular complexity index is 1440. The molecule has 3 heterocycles. The van der Waals surface area contributed by atoms with Gasteiger partial charge in [-0.05, 0) is 44.1 Å². The first-order valence-electron chi connectivity index (χ1n) is 17.0. The first kappa shape index (κ1) is 35.3. The van der Waals surface area contributed by atoms with Gasteiger partial charge in [-0.2, -0.15) is 0 Å². The molecule has 1 aliphatic carbocycles. The van der Waals surface area contributed by atoms with Gasteiger partial charge >= 0.3 is 6.09 Å². The number of benzene rings is 1. The number of hydrogen-bond acceptors (Lipinski definition) is 9. The van der Waals surface area contributed by atoms with Gasteiger partial charge in [-0.3, -0.25) is 19.2 Å². The summed E-state index contributed by atoms with van der Waals surface area (Å²) in [5.74, 6) is -2.51. The summed E-state index contributed by atoms with van der Waals surface area (Å²) in [6.45, 7) is 12.1. The Morgan fingerprint density at radius 1 is 1.06 bits per heavy atom. The molecule has 1 saturated carbocycles. The van der Waals surface area contributed by atoms with E-state index >= 15 is 0 Å². The van der Waals surface area contributed by atoms with Crippen molar-refractivity contribution in [2.75, 3.05) is 19.8 Å². The van der Waals surface area contributed by atoms with E-state index in [0.29, 0.717) is 31.6 Å². The average Bonchev–Trinajstić information content (AvgIpc) is 3.37. The zero-order valence-electron chi connectivity index (χ0n) is 28.9. The van der Waals surface area contributed by atoms with Gasteiger partial charge in [0.25, 0.3) is 5.91 Å². The number of oxime groups is 1. The fourth-order valence-corrected chi connectivity index (χ4v) is 6.62. The molecule has 0 aromatic heterocycles. The molecule has 1 aromatic rings. The highest BCUT2D eigenvalue weighted by atomic mass is 16.7. The molecular weight excluding hydrogens is 618 g/mol. The van der Waals surface area contributed by atoms with Crippen LogP contribution in [0.2, 0.25) is 0 Å². The van der Waals surface area contributed by atoms with Gasteiger partial charge in [0.05, 0.1) is 31.5 Å². The first-order chi connectivity index (χ1) is 22.7. The Labute approximate surface area is 281 Å². The van der Waals surface area contributed by atoms with E-state index in [1.807, 2.05) is 53.7 Å². The molecule has 0 unspecified atom stereocenters. The molecular formula is C35H49N5O8. The second-order valence-corrected chi connectivity index (χ2v) is 14.8. The van der Waals surface area contributed by atoms with Gasteiger partial charge < -0.3 is 35.2 Å². The summed E-state index contributed by atoms with van der Waals surface area (Å²) in [5.41, 5.74) is 1.97. The van der Waals surface area contributed by atoms with Gasteiger partial charge in [0.15, 0.2) is 5.60 Å². The fourth-order valence-electron chi connectivity index (χ4n) is 6.62. The number of aryl methyl sites for hydroxylation is 2. The van der Waals surface area contributed by atoms with Crippen molar-refractivity contribution < 1.29 is 38.3 Å². The van der Waals surface area contributed by atoms with Crippen molar-refractivity contribution >= 4 is 35.3 Å². The number of rotatable bonds is 11. The summed E-state index contributed by atoms with van der Waals surface area (Å²) < 4.78 is 10.8. The minimum absolute atomic E-state index is 0.0113. The van der Waals surface area contributed by atoms with E-state index in [-0.39, 0.29) is 32.0 Å². The molecule has 5 rings (SSSR count). The number of hydrogen-bond donors (Lipinski definition) is 3. The molecule has 0 radical (unpaired) electrons. The average molecular weight is 668 g/mol. The van der Waals surface area contributed by atoms with Crippen molar-refractivity contribution in [2.24, 2.45) is 10.6 Å². The van der Waals surface area contributed by atoms with Gasteiger partial charge in [0.1, 0.15) is 18.2 Å². The lowest BCUT2D eigenvalue weighted by molar-refractivity contribution is -0.144. The first-order valence-corrected chi connectivity index (χ1v) is 17.0. The summed E-state index contributed by atoms with van der Waals surface area (Å²) in [6.07, 6.45) is 2.30. The van der Waals surface area contributed by atoms with Crippen LogP contribution in [0, 0.1) is 19.3 Å². The number of Topliss-reactive ketones (excluding diaryl/α,β-unsaturated/α-hetero) is 1. The molecule has 4 aliphatic rings. The molecule has 48 heavy (non-hydrogen) atoms. The van der Waals surface area contributed by atoms with Gasteiger partial charge in [-0.25, -0.2) is 4.79 Å². The van der Waals surface area contributed by atoms with E-state index in [9.17, 15) is 24.0 Å². The van der Waals surface area contributed by atoms with E-state index in [4.69, 9.17) is 14.3 Å². The highest BCUT2D eigenvalue weighted by Gasteiger charge is 2.56. The van der Waals surface area contributed by atoms with Crippen LogP contribution in [-0.4, -0.2) is 95.8 Å².